The van der Waals surface area contributed by atoms with Gasteiger partial charge in [-0.15, -0.1) is 11.3 Å². The van der Waals surface area contributed by atoms with E-state index >= 15 is 0 Å². The van der Waals surface area contributed by atoms with Gasteiger partial charge < -0.3 is 10.1 Å². The van der Waals surface area contributed by atoms with E-state index in [9.17, 15) is 14.4 Å². The molecule has 1 rings (SSSR count). The Labute approximate surface area is 103 Å². The van der Waals surface area contributed by atoms with Crippen LogP contribution in [0.1, 0.15) is 32.7 Å². The fourth-order valence-electron chi connectivity index (χ4n) is 1.10. The van der Waals surface area contributed by atoms with Crippen LogP contribution in [0.4, 0.5) is 0 Å². The number of ketones is 1. The van der Waals surface area contributed by atoms with E-state index in [1.165, 1.54) is 7.11 Å². The second kappa shape index (κ2) is 6.15. The summed E-state index contributed by atoms with van der Waals surface area (Å²) >= 11 is 1.12. The van der Waals surface area contributed by atoms with Gasteiger partial charge in [0.25, 0.3) is 5.91 Å². The van der Waals surface area contributed by atoms with Crippen molar-refractivity contribution in [3.63, 3.8) is 0 Å². The van der Waals surface area contributed by atoms with Crippen molar-refractivity contribution in [2.45, 2.75) is 13.3 Å². The zero-order valence-corrected chi connectivity index (χ0v) is 10.4. The Morgan fingerprint density at radius 2 is 1.94 bits per heavy atom. The minimum absolute atomic E-state index is 0.00187. The molecule has 6 heteroatoms. The number of carbonyl (C=O) groups excluding carboxylic acids is 3. The fourth-order valence-corrected chi connectivity index (χ4v) is 2.03. The van der Waals surface area contributed by atoms with Gasteiger partial charge in [-0.05, 0) is 12.1 Å². The smallest absolute Gasteiger partial charge is 0.325 e. The molecular weight excluding hydrogens is 242 g/mol. The SMILES string of the molecule is CCC(=O)c1ccc(C(=O)NCC(=O)OC)s1. The number of amides is 1. The summed E-state index contributed by atoms with van der Waals surface area (Å²) in [5.41, 5.74) is 0. The molecule has 0 saturated heterocycles. The second-order valence-electron chi connectivity index (χ2n) is 3.20. The Morgan fingerprint density at radius 1 is 1.29 bits per heavy atom. The maximum absolute atomic E-state index is 11.6. The molecule has 1 aromatic heterocycles. The summed E-state index contributed by atoms with van der Waals surface area (Å²) in [6.45, 7) is 1.59. The predicted octanol–water partition coefficient (Wildman–Crippen LogP) is 1.24. The quantitative estimate of drug-likeness (QED) is 0.634. The van der Waals surface area contributed by atoms with Gasteiger partial charge in [0, 0.05) is 6.42 Å². The molecule has 0 aliphatic heterocycles. The zero-order valence-electron chi connectivity index (χ0n) is 9.61. The first-order valence-electron chi connectivity index (χ1n) is 5.06. The van der Waals surface area contributed by atoms with E-state index in [2.05, 4.69) is 10.1 Å². The molecule has 0 saturated carbocycles. The second-order valence-corrected chi connectivity index (χ2v) is 4.28. The first-order valence-corrected chi connectivity index (χ1v) is 5.88. The number of carbonyl (C=O) groups is 3. The van der Waals surface area contributed by atoms with E-state index < -0.39 is 5.97 Å². The molecule has 92 valence electrons. The van der Waals surface area contributed by atoms with Crippen LogP contribution in [0.3, 0.4) is 0 Å². The molecule has 1 N–H and O–H groups in total. The molecule has 0 atom stereocenters. The molecule has 1 aromatic rings. The number of methoxy groups -OCH3 is 1. The Hall–Kier alpha value is -1.69. The molecule has 5 nitrogen and oxygen atoms in total. The monoisotopic (exact) mass is 255 g/mol. The summed E-state index contributed by atoms with van der Waals surface area (Å²) < 4.78 is 4.39. The van der Waals surface area contributed by atoms with Crippen LogP contribution in [0, 0.1) is 0 Å². The number of rotatable bonds is 5. The summed E-state index contributed by atoms with van der Waals surface area (Å²) in [5, 5.41) is 2.41. The molecular formula is C11H13NO4S. The standard InChI is InChI=1S/C11H13NO4S/c1-3-7(13)8-4-5-9(17-8)11(15)12-6-10(14)16-2/h4-5H,3,6H2,1-2H3,(H,12,15). The van der Waals surface area contributed by atoms with Gasteiger partial charge in [-0.25, -0.2) is 0 Å². The lowest BCUT2D eigenvalue weighted by atomic mass is 10.2. The van der Waals surface area contributed by atoms with Crippen molar-refractivity contribution >= 4 is 29.0 Å². The van der Waals surface area contributed by atoms with Crippen molar-refractivity contribution in [2.24, 2.45) is 0 Å². The molecule has 0 spiro atoms. The molecule has 0 fully saturated rings. The largest absolute Gasteiger partial charge is 0.468 e. The topological polar surface area (TPSA) is 72.5 Å². The van der Waals surface area contributed by atoms with Crippen molar-refractivity contribution < 1.29 is 19.1 Å². The van der Waals surface area contributed by atoms with Crippen molar-refractivity contribution in [1.29, 1.82) is 0 Å². The highest BCUT2D eigenvalue weighted by atomic mass is 32.1. The molecule has 0 aromatic carbocycles. The summed E-state index contributed by atoms with van der Waals surface area (Å²) in [7, 11) is 1.25. The maximum Gasteiger partial charge on any atom is 0.325 e. The molecule has 17 heavy (non-hydrogen) atoms. The van der Waals surface area contributed by atoms with Crippen LogP contribution in [0.2, 0.25) is 0 Å². The normalized spacial score (nSPS) is 9.76. The van der Waals surface area contributed by atoms with E-state index in [-0.39, 0.29) is 18.2 Å². The third-order valence-electron chi connectivity index (χ3n) is 2.05. The average Bonchev–Trinajstić information content (AvgIpc) is 2.83. The molecule has 0 unspecified atom stereocenters. The van der Waals surface area contributed by atoms with E-state index in [0.717, 1.165) is 11.3 Å². The molecule has 0 aliphatic carbocycles. The molecule has 0 bridgehead atoms. The van der Waals surface area contributed by atoms with E-state index in [1.54, 1.807) is 19.1 Å². The van der Waals surface area contributed by atoms with Gasteiger partial charge in [0.05, 0.1) is 16.9 Å². The maximum atomic E-state index is 11.6. The van der Waals surface area contributed by atoms with Gasteiger partial charge in [0.1, 0.15) is 6.54 Å². The third kappa shape index (κ3) is 3.67. The third-order valence-corrected chi connectivity index (χ3v) is 3.17. The summed E-state index contributed by atoms with van der Waals surface area (Å²) in [6, 6.07) is 3.18. The van der Waals surface area contributed by atoms with Gasteiger partial charge in [0.15, 0.2) is 5.78 Å². The lowest BCUT2D eigenvalue weighted by molar-refractivity contribution is -0.139. The number of hydrogen-bond acceptors (Lipinski definition) is 5. The van der Waals surface area contributed by atoms with E-state index in [4.69, 9.17) is 0 Å². The summed E-state index contributed by atoms with van der Waals surface area (Å²) in [5.74, 6) is -0.891. The van der Waals surface area contributed by atoms with Crippen molar-refractivity contribution in [3.8, 4) is 0 Å². The lowest BCUT2D eigenvalue weighted by Gasteiger charge is -2.00. The van der Waals surface area contributed by atoms with Crippen LogP contribution in [-0.2, 0) is 9.53 Å². The van der Waals surface area contributed by atoms with E-state index in [0.29, 0.717) is 16.2 Å². The van der Waals surface area contributed by atoms with Crippen molar-refractivity contribution in [1.82, 2.24) is 5.32 Å². The summed E-state index contributed by atoms with van der Waals surface area (Å²) in [6.07, 6.45) is 0.406. The highest BCUT2D eigenvalue weighted by Gasteiger charge is 2.13. The molecule has 1 amide bonds. The van der Waals surface area contributed by atoms with Crippen LogP contribution >= 0.6 is 11.3 Å². The number of ether oxygens (including phenoxy) is 1. The number of hydrogen-bond donors (Lipinski definition) is 1. The van der Waals surface area contributed by atoms with Gasteiger partial charge >= 0.3 is 5.97 Å². The lowest BCUT2D eigenvalue weighted by Crippen LogP contribution is -2.29. The van der Waals surface area contributed by atoms with Gasteiger partial charge in [0.2, 0.25) is 0 Å². The number of nitrogens with one attached hydrogen (secondary N) is 1. The summed E-state index contributed by atoms with van der Waals surface area (Å²) in [4.78, 5) is 34.7. The average molecular weight is 255 g/mol. The number of Topliss-reactive ketones (excluding diaryl/α,β-unsaturated/α-hetero) is 1. The Morgan fingerprint density at radius 3 is 2.53 bits per heavy atom. The first kappa shape index (κ1) is 13.4. The first-order chi connectivity index (χ1) is 8.08. The highest BCUT2D eigenvalue weighted by Crippen LogP contribution is 2.17. The Kier molecular flexibility index (Phi) is 4.84. The van der Waals surface area contributed by atoms with E-state index in [1.807, 2.05) is 0 Å². The van der Waals surface area contributed by atoms with Crippen LogP contribution in [0.5, 0.6) is 0 Å². The number of esters is 1. The van der Waals surface area contributed by atoms with Gasteiger partial charge in [-0.3, -0.25) is 14.4 Å². The number of thiophene rings is 1. The van der Waals surface area contributed by atoms with Crippen LogP contribution in [0.25, 0.3) is 0 Å². The zero-order chi connectivity index (χ0) is 12.8. The minimum atomic E-state index is -0.514. The van der Waals surface area contributed by atoms with Gasteiger partial charge in [-0.1, -0.05) is 6.92 Å². The molecule has 1 heterocycles. The van der Waals surface area contributed by atoms with Crippen molar-refractivity contribution in [2.75, 3.05) is 13.7 Å². The highest BCUT2D eigenvalue weighted by molar-refractivity contribution is 7.16. The van der Waals surface area contributed by atoms with Gasteiger partial charge in [-0.2, -0.15) is 0 Å². The Balaban J connectivity index is 2.61. The predicted molar refractivity (Wildman–Crippen MR) is 63.3 cm³/mol. The minimum Gasteiger partial charge on any atom is -0.468 e. The van der Waals surface area contributed by atoms with Crippen LogP contribution < -0.4 is 5.32 Å². The molecule has 0 radical (unpaired) electrons. The molecule has 0 aliphatic rings. The van der Waals surface area contributed by atoms with Crippen molar-refractivity contribution in [3.05, 3.63) is 21.9 Å². The Bertz CT molecular complexity index is 438. The van der Waals surface area contributed by atoms with Crippen LogP contribution in [-0.4, -0.2) is 31.3 Å². The van der Waals surface area contributed by atoms with Crippen LogP contribution in [0.15, 0.2) is 12.1 Å². The fraction of sp³-hybridized carbons (Fsp3) is 0.364.